The van der Waals surface area contributed by atoms with Crippen LogP contribution in [0.4, 0.5) is 0 Å². The predicted octanol–water partition coefficient (Wildman–Crippen LogP) is 5.21. The van der Waals surface area contributed by atoms with E-state index in [1.54, 1.807) is 4.68 Å². The van der Waals surface area contributed by atoms with Crippen LogP contribution in [0.3, 0.4) is 0 Å². The smallest absolute Gasteiger partial charge is 0.185 e. The normalized spacial score (nSPS) is 11.7. The molecule has 0 aliphatic heterocycles. The number of benzene rings is 2. The molecule has 1 heterocycles. The maximum Gasteiger partial charge on any atom is 0.185 e. The monoisotopic (exact) mass is 444 g/mol. The fourth-order valence-corrected chi connectivity index (χ4v) is 4.06. The Morgan fingerprint density at radius 1 is 1.04 bits per heavy atom. The summed E-state index contributed by atoms with van der Waals surface area (Å²) in [5.74, 6) is 0.733. The average Bonchev–Trinajstić information content (AvgIpc) is 3.12. The molecule has 0 saturated heterocycles. The maximum atomic E-state index is 5.88. The second-order valence-corrected chi connectivity index (χ2v) is 13.9. The van der Waals surface area contributed by atoms with Crippen LogP contribution in [0, 0.1) is 0 Å². The van der Waals surface area contributed by atoms with Crippen molar-refractivity contribution < 1.29 is 4.74 Å². The lowest BCUT2D eigenvalue weighted by Gasteiger charge is -2.16. The molecule has 1 aromatic heterocycles. The van der Waals surface area contributed by atoms with Crippen LogP contribution in [0.1, 0.15) is 5.56 Å². The van der Waals surface area contributed by atoms with Crippen LogP contribution in [0.5, 0.6) is 0 Å². The summed E-state index contributed by atoms with van der Waals surface area (Å²) >= 11 is 3.61. The summed E-state index contributed by atoms with van der Waals surface area (Å²) in [4.78, 5) is 0. The Kier molecular flexibility index (Phi) is 6.57. The number of nitrogens with zero attached hydrogens (tertiary/aromatic N) is 4. The van der Waals surface area contributed by atoms with Gasteiger partial charge in [-0.2, -0.15) is 4.68 Å². The number of aromatic nitrogens is 4. The lowest BCUT2D eigenvalue weighted by molar-refractivity contribution is 0.0784. The van der Waals surface area contributed by atoms with Gasteiger partial charge in [0.05, 0.1) is 0 Å². The number of ether oxygens (including phenoxy) is 1. The van der Waals surface area contributed by atoms with Crippen LogP contribution >= 0.6 is 15.9 Å². The lowest BCUT2D eigenvalue weighted by Crippen LogP contribution is -2.22. The Hall–Kier alpha value is -1.83. The van der Waals surface area contributed by atoms with Gasteiger partial charge in [-0.1, -0.05) is 84.1 Å². The fourth-order valence-electron chi connectivity index (χ4n) is 2.83. The summed E-state index contributed by atoms with van der Waals surface area (Å²) < 4.78 is 7.63. The third kappa shape index (κ3) is 5.12. The Labute approximate surface area is 169 Å². The molecule has 0 spiro atoms. The summed E-state index contributed by atoms with van der Waals surface area (Å²) in [7, 11) is -1.12. The average molecular weight is 445 g/mol. The van der Waals surface area contributed by atoms with Gasteiger partial charge in [-0.05, 0) is 33.2 Å². The van der Waals surface area contributed by atoms with Crippen LogP contribution in [0.15, 0.2) is 48.5 Å². The van der Waals surface area contributed by atoms with Gasteiger partial charge in [0.25, 0.3) is 0 Å². The highest BCUT2D eigenvalue weighted by atomic mass is 79.9. The molecule has 142 valence electrons. The number of halogens is 1. The van der Waals surface area contributed by atoms with Crippen molar-refractivity contribution in [2.75, 3.05) is 6.61 Å². The quantitative estimate of drug-likeness (QED) is 0.271. The molecule has 0 aliphatic rings. The highest BCUT2D eigenvalue weighted by Crippen LogP contribution is 2.34. The Morgan fingerprint density at radius 3 is 2.52 bits per heavy atom. The van der Waals surface area contributed by atoms with Crippen LogP contribution in [-0.4, -0.2) is 34.9 Å². The van der Waals surface area contributed by atoms with Gasteiger partial charge in [0.15, 0.2) is 5.82 Å². The van der Waals surface area contributed by atoms with Crippen molar-refractivity contribution in [1.29, 1.82) is 0 Å². The third-order valence-corrected chi connectivity index (χ3v) is 6.65. The first-order chi connectivity index (χ1) is 13.0. The van der Waals surface area contributed by atoms with E-state index < -0.39 is 8.07 Å². The third-order valence-electron chi connectivity index (χ3n) is 4.34. The first-order valence-electron chi connectivity index (χ1n) is 9.07. The minimum absolute atomic E-state index is 0.359. The van der Waals surface area contributed by atoms with E-state index in [0.29, 0.717) is 6.73 Å². The zero-order valence-corrected chi connectivity index (χ0v) is 18.6. The van der Waals surface area contributed by atoms with Crippen molar-refractivity contribution in [3.8, 4) is 22.5 Å². The molecule has 0 radical (unpaired) electrons. The van der Waals surface area contributed by atoms with E-state index in [1.165, 1.54) is 0 Å². The summed E-state index contributed by atoms with van der Waals surface area (Å²) in [5, 5.41) is 13.1. The van der Waals surface area contributed by atoms with Crippen molar-refractivity contribution in [2.24, 2.45) is 0 Å². The SMILES string of the molecule is C[Si](C)(C)CCOCn1nnnc1-c1c(CBr)cccc1-c1ccccc1. The number of tetrazole rings is 1. The van der Waals surface area contributed by atoms with Gasteiger partial charge >= 0.3 is 0 Å². The molecule has 0 saturated carbocycles. The van der Waals surface area contributed by atoms with Crippen molar-refractivity contribution in [3.63, 3.8) is 0 Å². The van der Waals surface area contributed by atoms with Gasteiger partial charge in [-0.3, -0.25) is 0 Å². The largest absolute Gasteiger partial charge is 0.359 e. The molecule has 0 bridgehead atoms. The zero-order chi connectivity index (χ0) is 19.3. The molecule has 3 aromatic rings. The molecule has 2 aromatic carbocycles. The summed E-state index contributed by atoms with van der Waals surface area (Å²) in [6, 6.07) is 17.7. The van der Waals surface area contributed by atoms with Crippen LogP contribution in [-0.2, 0) is 16.8 Å². The predicted molar refractivity (Wildman–Crippen MR) is 115 cm³/mol. The zero-order valence-electron chi connectivity index (χ0n) is 16.0. The topological polar surface area (TPSA) is 52.8 Å². The molecular formula is C20H25BrN4OSi. The number of hydrogen-bond acceptors (Lipinski definition) is 4. The molecule has 0 atom stereocenters. The van der Waals surface area contributed by atoms with Crippen LogP contribution in [0.25, 0.3) is 22.5 Å². The molecule has 0 N–H and O–H groups in total. The van der Waals surface area contributed by atoms with E-state index in [0.717, 1.165) is 46.1 Å². The first-order valence-corrected chi connectivity index (χ1v) is 13.9. The second kappa shape index (κ2) is 8.90. The maximum absolute atomic E-state index is 5.88. The molecule has 0 aliphatic carbocycles. The summed E-state index contributed by atoms with van der Waals surface area (Å²) in [5.41, 5.74) is 4.45. The molecular weight excluding hydrogens is 420 g/mol. The van der Waals surface area contributed by atoms with Crippen molar-refractivity contribution in [1.82, 2.24) is 20.2 Å². The standard InChI is InChI=1S/C20H25BrN4OSi/c1-27(2,3)13-12-26-15-25-20(22-23-24-25)19-17(14-21)10-7-11-18(19)16-8-5-4-6-9-16/h4-11H,12-15H2,1-3H3. The highest BCUT2D eigenvalue weighted by Gasteiger charge is 2.18. The molecule has 7 heteroatoms. The van der Waals surface area contributed by atoms with E-state index in [9.17, 15) is 0 Å². The highest BCUT2D eigenvalue weighted by molar-refractivity contribution is 9.08. The Bertz CT molecular complexity index is 877. The fraction of sp³-hybridized carbons (Fsp3) is 0.350. The van der Waals surface area contributed by atoms with Gasteiger partial charge in [-0.15, -0.1) is 5.10 Å². The first kappa shape index (κ1) is 19.9. The van der Waals surface area contributed by atoms with E-state index in [1.807, 2.05) is 18.2 Å². The minimum atomic E-state index is -1.12. The molecule has 0 fully saturated rings. The van der Waals surface area contributed by atoms with E-state index in [-0.39, 0.29) is 0 Å². The summed E-state index contributed by atoms with van der Waals surface area (Å²) in [6.07, 6.45) is 0. The van der Waals surface area contributed by atoms with Crippen molar-refractivity contribution in [2.45, 2.75) is 37.7 Å². The van der Waals surface area contributed by atoms with E-state index in [2.05, 4.69) is 81.4 Å². The van der Waals surface area contributed by atoms with Crippen LogP contribution < -0.4 is 0 Å². The van der Waals surface area contributed by atoms with Crippen LogP contribution in [0.2, 0.25) is 25.7 Å². The van der Waals surface area contributed by atoms with Crippen molar-refractivity contribution in [3.05, 3.63) is 54.1 Å². The van der Waals surface area contributed by atoms with Crippen molar-refractivity contribution >= 4 is 24.0 Å². The van der Waals surface area contributed by atoms with Gasteiger partial charge in [0.2, 0.25) is 0 Å². The van der Waals surface area contributed by atoms with Gasteiger partial charge in [-0.25, -0.2) is 0 Å². The van der Waals surface area contributed by atoms with Gasteiger partial charge in [0, 0.05) is 25.6 Å². The van der Waals surface area contributed by atoms with E-state index in [4.69, 9.17) is 4.74 Å². The Morgan fingerprint density at radius 2 is 1.81 bits per heavy atom. The van der Waals surface area contributed by atoms with Gasteiger partial charge < -0.3 is 4.74 Å². The lowest BCUT2D eigenvalue weighted by atomic mass is 9.95. The number of hydrogen-bond donors (Lipinski definition) is 0. The molecule has 5 nitrogen and oxygen atoms in total. The number of alkyl halides is 1. The Balaban J connectivity index is 1.92. The molecule has 3 rings (SSSR count). The molecule has 0 amide bonds. The number of rotatable bonds is 8. The minimum Gasteiger partial charge on any atom is -0.359 e. The summed E-state index contributed by atoms with van der Waals surface area (Å²) in [6.45, 7) is 8.13. The second-order valence-electron chi connectivity index (χ2n) is 7.69. The molecule has 0 unspecified atom stereocenters. The molecule has 27 heavy (non-hydrogen) atoms. The van der Waals surface area contributed by atoms with Gasteiger partial charge in [0.1, 0.15) is 6.73 Å². The van der Waals surface area contributed by atoms with E-state index >= 15 is 0 Å².